The first-order chi connectivity index (χ1) is 13.0. The van der Waals surface area contributed by atoms with Gasteiger partial charge in [0.2, 0.25) is 5.95 Å². The molecule has 1 unspecified atom stereocenters. The predicted octanol–water partition coefficient (Wildman–Crippen LogP) is 3.44. The summed E-state index contributed by atoms with van der Waals surface area (Å²) in [5.41, 5.74) is 2.74. The highest BCUT2D eigenvalue weighted by Crippen LogP contribution is 2.32. The van der Waals surface area contributed by atoms with Crippen molar-refractivity contribution in [3.63, 3.8) is 0 Å². The number of allylic oxidation sites excluding steroid dienone is 1. The highest BCUT2D eigenvalue weighted by atomic mass is 19.1. The topological polar surface area (TPSA) is 63.1 Å². The van der Waals surface area contributed by atoms with Crippen LogP contribution in [0.1, 0.15) is 13.8 Å². The molecule has 4 rings (SSSR count). The van der Waals surface area contributed by atoms with E-state index in [2.05, 4.69) is 27.1 Å². The average Bonchev–Trinajstić information content (AvgIpc) is 2.90. The number of aromatic nitrogens is 3. The molecule has 1 aliphatic heterocycles. The van der Waals surface area contributed by atoms with Crippen molar-refractivity contribution in [1.29, 1.82) is 0 Å². The average molecular weight is 365 g/mol. The lowest BCUT2D eigenvalue weighted by Crippen LogP contribution is -2.26. The van der Waals surface area contributed by atoms with E-state index in [9.17, 15) is 9.18 Å². The Kier molecular flexibility index (Phi) is 4.14. The molecule has 1 N–H and O–H groups in total. The summed E-state index contributed by atoms with van der Waals surface area (Å²) in [5, 5.41) is 3.45. The van der Waals surface area contributed by atoms with Crippen LogP contribution in [0.3, 0.4) is 0 Å². The van der Waals surface area contributed by atoms with E-state index in [1.54, 1.807) is 23.0 Å². The van der Waals surface area contributed by atoms with Gasteiger partial charge in [-0.05, 0) is 37.3 Å². The van der Waals surface area contributed by atoms with Crippen LogP contribution >= 0.6 is 0 Å². The van der Waals surface area contributed by atoms with Gasteiger partial charge in [0.05, 0.1) is 28.5 Å². The second kappa shape index (κ2) is 6.50. The van der Waals surface area contributed by atoms with Gasteiger partial charge in [0.1, 0.15) is 5.82 Å². The van der Waals surface area contributed by atoms with Crippen molar-refractivity contribution in [3.8, 4) is 0 Å². The van der Waals surface area contributed by atoms with Crippen molar-refractivity contribution in [2.45, 2.75) is 13.8 Å². The minimum Gasteiger partial charge on any atom is -0.376 e. The first kappa shape index (κ1) is 17.2. The van der Waals surface area contributed by atoms with Crippen LogP contribution in [0.5, 0.6) is 0 Å². The summed E-state index contributed by atoms with van der Waals surface area (Å²) in [7, 11) is 1.99. The molecule has 1 aromatic carbocycles. The largest absolute Gasteiger partial charge is 0.376 e. The number of fused-ring (bicyclic) bond motifs is 1. The number of halogens is 1. The predicted molar refractivity (Wildman–Crippen MR) is 104 cm³/mol. The van der Waals surface area contributed by atoms with E-state index in [0.717, 1.165) is 23.6 Å². The SMILES string of the molecule is CC1=C(n2c(Nc3cccnc3)nc3ccc(F)cc3c2=O)C(C)CN1C. The van der Waals surface area contributed by atoms with Gasteiger partial charge in [-0.25, -0.2) is 13.9 Å². The first-order valence-electron chi connectivity index (χ1n) is 8.77. The van der Waals surface area contributed by atoms with Crippen molar-refractivity contribution in [2.24, 2.45) is 5.92 Å². The molecule has 0 amide bonds. The minimum absolute atomic E-state index is 0.134. The molecule has 0 radical (unpaired) electrons. The van der Waals surface area contributed by atoms with Crippen molar-refractivity contribution in [3.05, 3.63) is 64.6 Å². The minimum atomic E-state index is -0.455. The zero-order chi connectivity index (χ0) is 19.1. The van der Waals surface area contributed by atoms with Crippen LogP contribution in [-0.2, 0) is 0 Å². The molecule has 3 aromatic rings. The van der Waals surface area contributed by atoms with Gasteiger partial charge in [-0.15, -0.1) is 0 Å². The lowest BCUT2D eigenvalue weighted by Gasteiger charge is -2.18. The summed E-state index contributed by atoms with van der Waals surface area (Å²) in [6.45, 7) is 4.86. The Morgan fingerprint density at radius 1 is 1.30 bits per heavy atom. The van der Waals surface area contributed by atoms with Crippen molar-refractivity contribution >= 4 is 28.2 Å². The fourth-order valence-electron chi connectivity index (χ4n) is 3.60. The Labute approximate surface area is 156 Å². The van der Waals surface area contributed by atoms with Crippen LogP contribution in [-0.4, -0.2) is 33.0 Å². The molecule has 1 aliphatic rings. The lowest BCUT2D eigenvalue weighted by atomic mass is 10.1. The van der Waals surface area contributed by atoms with Gasteiger partial charge in [-0.2, -0.15) is 0 Å². The number of hydrogen-bond acceptors (Lipinski definition) is 5. The Morgan fingerprint density at radius 2 is 2.11 bits per heavy atom. The molecule has 0 spiro atoms. The molecule has 3 heterocycles. The molecule has 1 atom stereocenters. The van der Waals surface area contributed by atoms with Gasteiger partial charge in [-0.1, -0.05) is 6.92 Å². The van der Waals surface area contributed by atoms with Crippen LogP contribution in [0.2, 0.25) is 0 Å². The molecule has 138 valence electrons. The molecule has 0 fully saturated rings. The zero-order valence-electron chi connectivity index (χ0n) is 15.4. The molecule has 0 saturated carbocycles. The summed E-state index contributed by atoms with van der Waals surface area (Å²) in [4.78, 5) is 24.1. The standard InChI is InChI=1S/C20H20FN5O/c1-12-11-25(3)13(2)18(12)26-19(27)16-9-14(21)6-7-17(16)24-20(26)23-15-5-4-8-22-10-15/h4-10,12H,11H2,1-3H3,(H,23,24). The molecule has 0 bridgehead atoms. The summed E-state index contributed by atoms with van der Waals surface area (Å²) in [5.74, 6) is 0.0711. The van der Waals surface area contributed by atoms with Crippen molar-refractivity contribution in [2.75, 3.05) is 18.9 Å². The van der Waals surface area contributed by atoms with Crippen LogP contribution < -0.4 is 10.9 Å². The maximum Gasteiger partial charge on any atom is 0.267 e. The van der Waals surface area contributed by atoms with Crippen molar-refractivity contribution in [1.82, 2.24) is 19.4 Å². The zero-order valence-corrected chi connectivity index (χ0v) is 15.4. The Hall–Kier alpha value is -3.22. The summed E-state index contributed by atoms with van der Waals surface area (Å²) in [6, 6.07) is 7.73. The monoisotopic (exact) mass is 365 g/mol. The molecule has 6 nitrogen and oxygen atoms in total. The third-order valence-corrected chi connectivity index (χ3v) is 4.95. The number of pyridine rings is 1. The van der Waals surface area contributed by atoms with Gasteiger partial charge in [0.25, 0.3) is 5.56 Å². The van der Waals surface area contributed by atoms with Gasteiger partial charge >= 0.3 is 0 Å². The fourth-order valence-corrected chi connectivity index (χ4v) is 3.60. The van der Waals surface area contributed by atoms with Crippen LogP contribution in [0.15, 0.2) is 53.2 Å². The summed E-state index contributed by atoms with van der Waals surface area (Å²) >= 11 is 0. The third-order valence-electron chi connectivity index (χ3n) is 4.95. The summed E-state index contributed by atoms with van der Waals surface area (Å²) in [6.07, 6.45) is 3.34. The van der Waals surface area contributed by atoms with E-state index in [0.29, 0.717) is 11.5 Å². The van der Waals surface area contributed by atoms with Gasteiger partial charge in [-0.3, -0.25) is 9.78 Å². The van der Waals surface area contributed by atoms with E-state index in [1.807, 2.05) is 20.0 Å². The van der Waals surface area contributed by atoms with Crippen LogP contribution in [0, 0.1) is 11.7 Å². The normalized spacial score (nSPS) is 17.0. The van der Waals surface area contributed by atoms with Crippen molar-refractivity contribution < 1.29 is 4.39 Å². The van der Waals surface area contributed by atoms with E-state index >= 15 is 0 Å². The molecule has 0 aliphatic carbocycles. The van der Waals surface area contributed by atoms with E-state index in [1.165, 1.54) is 18.2 Å². The second-order valence-electron chi connectivity index (χ2n) is 6.86. The summed E-state index contributed by atoms with van der Waals surface area (Å²) < 4.78 is 15.3. The lowest BCUT2D eigenvalue weighted by molar-refractivity contribution is 0.424. The Balaban J connectivity index is 2.01. The van der Waals surface area contributed by atoms with Crippen LogP contribution in [0.4, 0.5) is 16.0 Å². The van der Waals surface area contributed by atoms with Gasteiger partial charge < -0.3 is 10.2 Å². The maximum atomic E-state index is 13.8. The van der Waals surface area contributed by atoms with Crippen LogP contribution in [0.25, 0.3) is 16.6 Å². The van der Waals surface area contributed by atoms with E-state index in [-0.39, 0.29) is 16.9 Å². The molecule has 7 heteroatoms. The number of hydrogen-bond donors (Lipinski definition) is 1. The molecule has 2 aromatic heterocycles. The second-order valence-corrected chi connectivity index (χ2v) is 6.86. The fraction of sp³-hybridized carbons (Fsp3) is 0.250. The highest BCUT2D eigenvalue weighted by molar-refractivity contribution is 5.81. The van der Waals surface area contributed by atoms with E-state index < -0.39 is 5.82 Å². The van der Waals surface area contributed by atoms with Gasteiger partial charge in [0, 0.05) is 31.4 Å². The quantitative estimate of drug-likeness (QED) is 0.770. The molecule has 27 heavy (non-hydrogen) atoms. The Morgan fingerprint density at radius 3 is 2.78 bits per heavy atom. The molecular weight excluding hydrogens is 345 g/mol. The number of anilines is 2. The number of rotatable bonds is 3. The molecule has 0 saturated heterocycles. The smallest absolute Gasteiger partial charge is 0.267 e. The maximum absolute atomic E-state index is 13.8. The number of benzene rings is 1. The molecular formula is C20H20FN5O. The third kappa shape index (κ3) is 2.95. The number of nitrogens with one attached hydrogen (secondary N) is 1. The number of nitrogens with zero attached hydrogens (tertiary/aromatic N) is 4. The van der Waals surface area contributed by atoms with Gasteiger partial charge in [0.15, 0.2) is 0 Å². The van der Waals surface area contributed by atoms with E-state index in [4.69, 9.17) is 0 Å². The highest BCUT2D eigenvalue weighted by Gasteiger charge is 2.28. The first-order valence-corrected chi connectivity index (χ1v) is 8.77. The Bertz CT molecular complexity index is 1110.